The van der Waals surface area contributed by atoms with Crippen LogP contribution >= 0.6 is 0 Å². The second-order valence-electron chi connectivity index (χ2n) is 5.81. The lowest BCUT2D eigenvalue weighted by molar-refractivity contribution is 0.318. The van der Waals surface area contributed by atoms with Crippen molar-refractivity contribution in [3.63, 3.8) is 0 Å². The Morgan fingerprint density at radius 3 is 2.33 bits per heavy atom. The smallest absolute Gasteiger partial charge is 0.240 e. The van der Waals surface area contributed by atoms with E-state index in [1.165, 1.54) is 19.1 Å². The molecular formula is C18H22FNO3S. The van der Waals surface area contributed by atoms with Crippen molar-refractivity contribution >= 4 is 10.0 Å². The maximum absolute atomic E-state index is 13.3. The second kappa shape index (κ2) is 7.32. The Labute approximate surface area is 142 Å². The van der Waals surface area contributed by atoms with Gasteiger partial charge in [0.15, 0.2) is 0 Å². The second-order valence-corrected chi connectivity index (χ2v) is 7.58. The van der Waals surface area contributed by atoms with Crippen LogP contribution in [0, 0.1) is 33.5 Å². The average molecular weight is 351 g/mol. The van der Waals surface area contributed by atoms with Gasteiger partial charge in [0, 0.05) is 6.54 Å². The lowest BCUT2D eigenvalue weighted by Crippen LogP contribution is -2.28. The van der Waals surface area contributed by atoms with E-state index < -0.39 is 15.8 Å². The van der Waals surface area contributed by atoms with E-state index in [4.69, 9.17) is 4.74 Å². The normalized spacial score (nSPS) is 11.5. The van der Waals surface area contributed by atoms with Crippen LogP contribution in [0.3, 0.4) is 0 Å². The van der Waals surface area contributed by atoms with Crippen molar-refractivity contribution in [1.82, 2.24) is 4.72 Å². The van der Waals surface area contributed by atoms with E-state index in [0.717, 1.165) is 28.5 Å². The number of hydrogen-bond acceptors (Lipinski definition) is 3. The van der Waals surface area contributed by atoms with Crippen molar-refractivity contribution in [2.45, 2.75) is 32.6 Å². The molecule has 0 aliphatic heterocycles. The Morgan fingerprint density at radius 2 is 1.67 bits per heavy atom. The molecule has 0 aliphatic rings. The highest BCUT2D eigenvalue weighted by atomic mass is 32.2. The molecule has 0 saturated heterocycles. The van der Waals surface area contributed by atoms with Crippen LogP contribution in [0.25, 0.3) is 0 Å². The highest BCUT2D eigenvalue weighted by molar-refractivity contribution is 7.89. The lowest BCUT2D eigenvalue weighted by atomic mass is 10.1. The minimum absolute atomic E-state index is 0.0457. The molecule has 0 unspecified atom stereocenters. The first-order valence-corrected chi connectivity index (χ1v) is 9.16. The van der Waals surface area contributed by atoms with Gasteiger partial charge in [-0.3, -0.25) is 0 Å². The Hall–Kier alpha value is -1.92. The molecule has 0 spiro atoms. The summed E-state index contributed by atoms with van der Waals surface area (Å²) in [6.07, 6.45) is 0. The molecule has 0 amide bonds. The Bertz CT molecular complexity index is 848. The molecule has 0 radical (unpaired) electrons. The minimum Gasteiger partial charge on any atom is -0.492 e. The first kappa shape index (κ1) is 18.4. The molecule has 0 saturated carbocycles. The summed E-state index contributed by atoms with van der Waals surface area (Å²) < 4.78 is 45.9. The number of benzene rings is 2. The van der Waals surface area contributed by atoms with Gasteiger partial charge >= 0.3 is 0 Å². The molecule has 130 valence electrons. The van der Waals surface area contributed by atoms with Gasteiger partial charge in [-0.1, -0.05) is 12.1 Å². The molecule has 0 heterocycles. The SMILES string of the molecule is Cc1cc(S(=O)(=O)NCCOc2c(C)ccc(C)c2C)ccc1F. The molecule has 24 heavy (non-hydrogen) atoms. The molecule has 0 atom stereocenters. The Balaban J connectivity index is 1.99. The maximum atomic E-state index is 13.3. The number of hydrogen-bond donors (Lipinski definition) is 1. The van der Waals surface area contributed by atoms with E-state index in [9.17, 15) is 12.8 Å². The predicted molar refractivity (Wildman–Crippen MR) is 92.5 cm³/mol. The van der Waals surface area contributed by atoms with Gasteiger partial charge in [-0.25, -0.2) is 17.5 Å². The average Bonchev–Trinajstić information content (AvgIpc) is 2.53. The summed E-state index contributed by atoms with van der Waals surface area (Å²) in [6, 6.07) is 7.72. The van der Waals surface area contributed by atoms with Gasteiger partial charge in [0.25, 0.3) is 0 Å². The monoisotopic (exact) mass is 351 g/mol. The highest BCUT2D eigenvalue weighted by Gasteiger charge is 2.15. The van der Waals surface area contributed by atoms with Crippen LogP contribution in [0.5, 0.6) is 5.75 Å². The van der Waals surface area contributed by atoms with Gasteiger partial charge in [-0.05, 0) is 68.1 Å². The number of ether oxygens (including phenoxy) is 1. The van der Waals surface area contributed by atoms with Gasteiger partial charge < -0.3 is 4.74 Å². The zero-order valence-corrected chi connectivity index (χ0v) is 15.1. The molecule has 0 bridgehead atoms. The van der Waals surface area contributed by atoms with Crippen molar-refractivity contribution in [1.29, 1.82) is 0 Å². The number of nitrogens with one attached hydrogen (secondary N) is 1. The number of aryl methyl sites for hydroxylation is 3. The van der Waals surface area contributed by atoms with Crippen LogP contribution in [0.4, 0.5) is 4.39 Å². The molecule has 2 aromatic rings. The summed E-state index contributed by atoms with van der Waals surface area (Å²) in [5, 5.41) is 0. The number of rotatable bonds is 6. The molecule has 6 heteroatoms. The van der Waals surface area contributed by atoms with Crippen molar-refractivity contribution in [2.24, 2.45) is 0 Å². The van der Waals surface area contributed by atoms with Crippen LogP contribution < -0.4 is 9.46 Å². The van der Waals surface area contributed by atoms with Crippen molar-refractivity contribution in [3.8, 4) is 5.75 Å². The Morgan fingerprint density at radius 1 is 1.00 bits per heavy atom. The molecule has 4 nitrogen and oxygen atoms in total. The molecule has 2 aromatic carbocycles. The van der Waals surface area contributed by atoms with Crippen LogP contribution in [0.2, 0.25) is 0 Å². The van der Waals surface area contributed by atoms with Gasteiger partial charge in [0.2, 0.25) is 10.0 Å². The van der Waals surface area contributed by atoms with Crippen molar-refractivity contribution in [3.05, 3.63) is 58.4 Å². The zero-order valence-electron chi connectivity index (χ0n) is 14.3. The van der Waals surface area contributed by atoms with Crippen LogP contribution in [0.1, 0.15) is 22.3 Å². The third kappa shape index (κ3) is 4.13. The minimum atomic E-state index is -3.68. The lowest BCUT2D eigenvalue weighted by Gasteiger charge is -2.14. The van der Waals surface area contributed by atoms with E-state index in [-0.39, 0.29) is 18.0 Å². The largest absolute Gasteiger partial charge is 0.492 e. The van der Waals surface area contributed by atoms with Crippen molar-refractivity contribution < 1.29 is 17.5 Å². The van der Waals surface area contributed by atoms with E-state index in [1.54, 1.807) is 0 Å². The summed E-state index contributed by atoms with van der Waals surface area (Å²) in [7, 11) is -3.68. The first-order chi connectivity index (χ1) is 11.2. The highest BCUT2D eigenvalue weighted by Crippen LogP contribution is 2.25. The summed E-state index contributed by atoms with van der Waals surface area (Å²) in [6.45, 7) is 7.80. The number of halogens is 1. The quantitative estimate of drug-likeness (QED) is 0.812. The first-order valence-electron chi connectivity index (χ1n) is 7.68. The zero-order chi connectivity index (χ0) is 17.9. The molecule has 0 aliphatic carbocycles. The molecular weight excluding hydrogens is 329 g/mol. The van der Waals surface area contributed by atoms with Crippen LogP contribution in [0.15, 0.2) is 35.2 Å². The fourth-order valence-corrected chi connectivity index (χ4v) is 3.44. The fourth-order valence-electron chi connectivity index (χ4n) is 2.34. The molecule has 0 aromatic heterocycles. The van der Waals surface area contributed by atoms with E-state index >= 15 is 0 Å². The third-order valence-electron chi connectivity index (χ3n) is 3.95. The van der Waals surface area contributed by atoms with E-state index in [1.807, 2.05) is 32.9 Å². The van der Waals surface area contributed by atoms with Gasteiger partial charge in [-0.2, -0.15) is 0 Å². The molecule has 0 fully saturated rings. The maximum Gasteiger partial charge on any atom is 0.240 e. The summed E-state index contributed by atoms with van der Waals surface area (Å²) in [5.74, 6) is 0.356. The van der Waals surface area contributed by atoms with Gasteiger partial charge in [-0.15, -0.1) is 0 Å². The van der Waals surface area contributed by atoms with Crippen LogP contribution in [-0.4, -0.2) is 21.6 Å². The van der Waals surface area contributed by atoms with Gasteiger partial charge in [0.1, 0.15) is 18.2 Å². The molecule has 1 N–H and O–H groups in total. The summed E-state index contributed by atoms with van der Waals surface area (Å²) in [5.41, 5.74) is 3.47. The van der Waals surface area contributed by atoms with E-state index in [0.29, 0.717) is 5.56 Å². The Kier molecular flexibility index (Phi) is 5.62. The summed E-state index contributed by atoms with van der Waals surface area (Å²) in [4.78, 5) is 0.0457. The molecule has 2 rings (SSSR count). The van der Waals surface area contributed by atoms with Crippen LogP contribution in [-0.2, 0) is 10.0 Å². The fraction of sp³-hybridized carbons (Fsp3) is 0.333. The standard InChI is InChI=1S/C18H22FNO3S/c1-12-5-6-13(2)18(15(12)4)23-10-9-20-24(21,22)16-7-8-17(19)14(3)11-16/h5-8,11,20H,9-10H2,1-4H3. The summed E-state index contributed by atoms with van der Waals surface area (Å²) >= 11 is 0. The van der Waals surface area contributed by atoms with Crippen molar-refractivity contribution in [2.75, 3.05) is 13.2 Å². The third-order valence-corrected chi connectivity index (χ3v) is 5.41. The topological polar surface area (TPSA) is 55.4 Å². The predicted octanol–water partition coefficient (Wildman–Crippen LogP) is 3.42. The number of sulfonamides is 1. The van der Waals surface area contributed by atoms with E-state index in [2.05, 4.69) is 4.72 Å². The van der Waals surface area contributed by atoms with Gasteiger partial charge in [0.05, 0.1) is 4.90 Å².